The molecule has 0 aliphatic heterocycles. The summed E-state index contributed by atoms with van der Waals surface area (Å²) < 4.78 is 34.2. The van der Waals surface area contributed by atoms with E-state index in [0.29, 0.717) is 23.9 Å². The third kappa shape index (κ3) is 39.4. The SMILES string of the molecule is CC/C=C/C/C=C/C/C=C/C/C=C/CCCCC(=O)OC[C@H](COP(=O)(O)OCC[N+](C)(C)C)OC(=O)CCCC/C=C/CCCCCCCCCCC. The number of rotatable bonds is 37. The maximum Gasteiger partial charge on any atom is 0.472 e. The molecule has 0 aromatic heterocycles. The summed E-state index contributed by atoms with van der Waals surface area (Å²) in [7, 11) is 1.43. The third-order valence-corrected chi connectivity index (χ3v) is 9.52. The molecule has 0 fully saturated rings. The van der Waals surface area contributed by atoms with Crippen LogP contribution in [0.5, 0.6) is 0 Å². The van der Waals surface area contributed by atoms with E-state index in [0.717, 1.165) is 57.8 Å². The van der Waals surface area contributed by atoms with Gasteiger partial charge in [0.2, 0.25) is 0 Å². The third-order valence-electron chi connectivity index (χ3n) is 8.53. The molecule has 0 heterocycles. The molecule has 1 unspecified atom stereocenters. The number of phosphoric acid groups is 1. The van der Waals surface area contributed by atoms with Gasteiger partial charge in [-0.3, -0.25) is 18.6 Å². The minimum atomic E-state index is -4.39. The van der Waals surface area contributed by atoms with Gasteiger partial charge in [0.1, 0.15) is 19.8 Å². The normalized spacial score (nSPS) is 14.3. The first-order chi connectivity index (χ1) is 26.0. The molecule has 0 spiro atoms. The number of esters is 2. The number of allylic oxidation sites excluding steroid dienone is 10. The fourth-order valence-corrected chi connectivity index (χ4v) is 5.97. The molecule has 0 rings (SSSR count). The van der Waals surface area contributed by atoms with Crippen LogP contribution in [0.3, 0.4) is 0 Å². The second kappa shape index (κ2) is 36.4. The van der Waals surface area contributed by atoms with Gasteiger partial charge in [-0.2, -0.15) is 0 Å². The number of unbranched alkanes of at least 4 members (excludes halogenated alkanes) is 13. The summed E-state index contributed by atoms with van der Waals surface area (Å²) in [5.41, 5.74) is 0. The van der Waals surface area contributed by atoms with E-state index in [2.05, 4.69) is 74.6 Å². The van der Waals surface area contributed by atoms with Crippen molar-refractivity contribution in [1.82, 2.24) is 0 Å². The molecule has 0 aromatic rings. The summed E-state index contributed by atoms with van der Waals surface area (Å²) in [6.07, 6.45) is 42.8. The van der Waals surface area contributed by atoms with Crippen LogP contribution in [0.4, 0.5) is 0 Å². The van der Waals surface area contributed by atoms with Gasteiger partial charge in [-0.25, -0.2) is 4.57 Å². The highest BCUT2D eigenvalue weighted by Gasteiger charge is 2.27. The standard InChI is InChI=1S/C44H78NO8P/c1-6-8-10-12-14-16-18-20-22-24-26-28-30-32-34-36-43(46)50-40-42(41-52-54(48,49)51-39-38-45(3,4)5)53-44(47)37-35-33-31-29-27-25-23-21-19-17-15-13-11-9-7-2/h8,10,14,16,20,22,26-29,42H,6-7,9,11-13,15,17-19,21,23-25,30-41H2,1-5H3/p+1/b10-8+,16-14+,22-20+,28-26+,29-27+/t42-/m1/s1. The van der Waals surface area contributed by atoms with Crippen LogP contribution in [0.1, 0.15) is 155 Å². The van der Waals surface area contributed by atoms with Crippen LogP contribution >= 0.6 is 7.82 Å². The predicted octanol–water partition coefficient (Wildman–Crippen LogP) is 11.7. The lowest BCUT2D eigenvalue weighted by molar-refractivity contribution is -0.870. The highest BCUT2D eigenvalue weighted by molar-refractivity contribution is 7.47. The Hall–Kier alpha value is -2.29. The average Bonchev–Trinajstić information content (AvgIpc) is 3.12. The highest BCUT2D eigenvalue weighted by Crippen LogP contribution is 2.43. The molecule has 0 saturated carbocycles. The number of nitrogens with zero attached hydrogens (tertiary/aromatic N) is 1. The largest absolute Gasteiger partial charge is 0.472 e. The van der Waals surface area contributed by atoms with E-state index in [1.807, 2.05) is 21.1 Å². The van der Waals surface area contributed by atoms with Crippen LogP contribution in [0.25, 0.3) is 0 Å². The second-order valence-electron chi connectivity index (χ2n) is 15.0. The van der Waals surface area contributed by atoms with E-state index in [1.54, 1.807) is 0 Å². The van der Waals surface area contributed by atoms with E-state index in [-0.39, 0.29) is 26.1 Å². The van der Waals surface area contributed by atoms with Crippen LogP contribution in [0.2, 0.25) is 0 Å². The van der Waals surface area contributed by atoms with E-state index >= 15 is 0 Å². The van der Waals surface area contributed by atoms with Crippen molar-refractivity contribution in [3.05, 3.63) is 60.8 Å². The maximum atomic E-state index is 12.7. The van der Waals surface area contributed by atoms with E-state index < -0.39 is 32.5 Å². The lowest BCUT2D eigenvalue weighted by Gasteiger charge is -2.24. The lowest BCUT2D eigenvalue weighted by Crippen LogP contribution is -2.37. The molecule has 54 heavy (non-hydrogen) atoms. The van der Waals surface area contributed by atoms with Crippen molar-refractivity contribution in [2.45, 2.75) is 161 Å². The van der Waals surface area contributed by atoms with Gasteiger partial charge >= 0.3 is 19.8 Å². The zero-order valence-electron chi connectivity index (χ0n) is 34.9. The fraction of sp³-hybridized carbons (Fsp3) is 0.727. The molecule has 312 valence electrons. The molecule has 0 aromatic carbocycles. The topological polar surface area (TPSA) is 108 Å². The molecule has 0 saturated heterocycles. The van der Waals surface area contributed by atoms with Crippen molar-refractivity contribution >= 4 is 19.8 Å². The van der Waals surface area contributed by atoms with Crippen LogP contribution < -0.4 is 0 Å². The van der Waals surface area contributed by atoms with Crippen LogP contribution in [0, 0.1) is 0 Å². The van der Waals surface area contributed by atoms with Gasteiger partial charge in [-0.05, 0) is 77.0 Å². The molecular formula is C44H79NO8P+. The number of ether oxygens (including phenoxy) is 2. The second-order valence-corrected chi connectivity index (χ2v) is 16.4. The maximum absolute atomic E-state index is 12.7. The zero-order chi connectivity index (χ0) is 40.0. The van der Waals surface area contributed by atoms with Gasteiger partial charge in [0.25, 0.3) is 0 Å². The van der Waals surface area contributed by atoms with Gasteiger partial charge in [0.15, 0.2) is 6.10 Å². The summed E-state index contributed by atoms with van der Waals surface area (Å²) in [5, 5.41) is 0. The van der Waals surface area contributed by atoms with E-state index in [4.69, 9.17) is 18.5 Å². The Balaban J connectivity index is 4.50. The molecule has 9 nitrogen and oxygen atoms in total. The first-order valence-electron chi connectivity index (χ1n) is 21.0. The van der Waals surface area contributed by atoms with Gasteiger partial charge in [0, 0.05) is 12.8 Å². The monoisotopic (exact) mass is 781 g/mol. The van der Waals surface area contributed by atoms with Crippen molar-refractivity contribution < 1.29 is 42.1 Å². The molecule has 10 heteroatoms. The number of carbonyl (C=O) groups is 2. The smallest absolute Gasteiger partial charge is 0.462 e. The molecule has 2 atom stereocenters. The highest BCUT2D eigenvalue weighted by atomic mass is 31.2. The Morgan fingerprint density at radius 1 is 0.593 bits per heavy atom. The molecular weight excluding hydrogens is 701 g/mol. The van der Waals surface area contributed by atoms with Gasteiger partial charge in [-0.15, -0.1) is 0 Å². The summed E-state index contributed by atoms with van der Waals surface area (Å²) in [5.74, 6) is -0.878. The van der Waals surface area contributed by atoms with Crippen LogP contribution in [-0.2, 0) is 32.7 Å². The Morgan fingerprint density at radius 2 is 1.06 bits per heavy atom. The van der Waals surface area contributed by atoms with Gasteiger partial charge in [0.05, 0.1) is 27.7 Å². The lowest BCUT2D eigenvalue weighted by atomic mass is 10.1. The van der Waals surface area contributed by atoms with E-state index in [9.17, 15) is 19.0 Å². The van der Waals surface area contributed by atoms with E-state index in [1.165, 1.54) is 57.8 Å². The summed E-state index contributed by atoms with van der Waals surface area (Å²) in [6.45, 7) is 4.22. The Kier molecular flexibility index (Phi) is 34.8. The van der Waals surface area contributed by atoms with Crippen LogP contribution in [-0.4, -0.2) is 74.9 Å². The first-order valence-corrected chi connectivity index (χ1v) is 22.5. The average molecular weight is 781 g/mol. The summed E-state index contributed by atoms with van der Waals surface area (Å²) in [4.78, 5) is 35.3. The predicted molar refractivity (Wildman–Crippen MR) is 224 cm³/mol. The number of carbonyl (C=O) groups excluding carboxylic acids is 2. The van der Waals surface area contributed by atoms with Crippen molar-refractivity contribution in [3.8, 4) is 0 Å². The fourth-order valence-electron chi connectivity index (χ4n) is 5.23. The number of hydrogen-bond donors (Lipinski definition) is 1. The quantitative estimate of drug-likeness (QED) is 0.0218. The molecule has 0 radical (unpaired) electrons. The molecule has 0 aliphatic rings. The minimum Gasteiger partial charge on any atom is -0.462 e. The molecule has 0 amide bonds. The molecule has 0 aliphatic carbocycles. The Morgan fingerprint density at radius 3 is 1.59 bits per heavy atom. The molecule has 1 N–H and O–H groups in total. The van der Waals surface area contributed by atoms with Crippen LogP contribution in [0.15, 0.2) is 60.8 Å². The van der Waals surface area contributed by atoms with Gasteiger partial charge < -0.3 is 18.9 Å². The molecule has 0 bridgehead atoms. The minimum absolute atomic E-state index is 0.0191. The Bertz CT molecular complexity index is 1110. The first kappa shape index (κ1) is 51.7. The van der Waals surface area contributed by atoms with Crippen molar-refractivity contribution in [2.24, 2.45) is 0 Å². The van der Waals surface area contributed by atoms with Crippen molar-refractivity contribution in [1.29, 1.82) is 0 Å². The van der Waals surface area contributed by atoms with Gasteiger partial charge in [-0.1, -0.05) is 126 Å². The Labute approximate surface area is 330 Å². The number of quaternary nitrogens is 1. The van der Waals surface area contributed by atoms with Crippen molar-refractivity contribution in [2.75, 3.05) is 47.5 Å². The van der Waals surface area contributed by atoms with Crippen molar-refractivity contribution in [3.63, 3.8) is 0 Å². The number of hydrogen-bond acceptors (Lipinski definition) is 7. The summed E-state index contributed by atoms with van der Waals surface area (Å²) in [6, 6.07) is 0. The zero-order valence-corrected chi connectivity index (χ0v) is 35.8. The summed E-state index contributed by atoms with van der Waals surface area (Å²) >= 11 is 0. The number of likely N-dealkylation sites (N-methyl/N-ethyl adjacent to an activating group) is 1. The number of phosphoric ester groups is 1.